The van der Waals surface area contributed by atoms with E-state index in [-0.39, 0.29) is 23.4 Å². The van der Waals surface area contributed by atoms with E-state index in [4.69, 9.17) is 0 Å². The number of hydrogen-bond donors (Lipinski definition) is 0. The van der Waals surface area contributed by atoms with E-state index in [1.165, 1.54) is 16.7 Å². The van der Waals surface area contributed by atoms with Gasteiger partial charge in [-0.1, -0.05) is 48.2 Å². The van der Waals surface area contributed by atoms with Crippen molar-refractivity contribution in [3.63, 3.8) is 0 Å². The molecule has 0 bridgehead atoms. The third-order valence-electron chi connectivity index (χ3n) is 4.55. The highest BCUT2D eigenvalue weighted by molar-refractivity contribution is 7.98. The van der Waals surface area contributed by atoms with Gasteiger partial charge in [-0.15, -0.1) is 0 Å². The maximum atomic E-state index is 13.3. The zero-order chi connectivity index (χ0) is 21.1. The van der Waals surface area contributed by atoms with Gasteiger partial charge in [0.2, 0.25) is 0 Å². The van der Waals surface area contributed by atoms with E-state index in [0.29, 0.717) is 21.8 Å². The van der Waals surface area contributed by atoms with Gasteiger partial charge < -0.3 is 0 Å². The fourth-order valence-corrected chi connectivity index (χ4v) is 4.12. The van der Waals surface area contributed by atoms with Crippen LogP contribution < -0.4 is 5.56 Å². The van der Waals surface area contributed by atoms with Crippen molar-refractivity contribution in [1.29, 1.82) is 0 Å². The molecular formula is C22H16F3N3OS. The molecule has 0 aliphatic heterocycles. The molecule has 2 aromatic heterocycles. The van der Waals surface area contributed by atoms with E-state index < -0.39 is 11.7 Å². The lowest BCUT2D eigenvalue weighted by Crippen LogP contribution is -2.24. The predicted octanol–water partition coefficient (Wildman–Crippen LogP) is 5.15. The number of nitrogens with zero attached hydrogens (tertiary/aromatic N) is 3. The monoisotopic (exact) mass is 427 g/mol. The molecule has 0 saturated heterocycles. The van der Waals surface area contributed by atoms with Crippen LogP contribution in [0.4, 0.5) is 13.2 Å². The Kier molecular flexibility index (Phi) is 5.59. The summed E-state index contributed by atoms with van der Waals surface area (Å²) in [4.78, 5) is 21.9. The summed E-state index contributed by atoms with van der Waals surface area (Å²) >= 11 is 1.10. The topological polar surface area (TPSA) is 47.8 Å². The number of benzene rings is 2. The molecule has 0 atom stereocenters. The number of alkyl halides is 3. The second kappa shape index (κ2) is 8.31. The Morgan fingerprint density at radius 3 is 2.43 bits per heavy atom. The van der Waals surface area contributed by atoms with Crippen LogP contribution in [0, 0.1) is 0 Å². The molecule has 2 heterocycles. The first-order valence-electron chi connectivity index (χ1n) is 9.11. The Morgan fingerprint density at radius 1 is 0.933 bits per heavy atom. The molecule has 4 aromatic rings. The van der Waals surface area contributed by atoms with Gasteiger partial charge in [0.15, 0.2) is 5.16 Å². The Labute approximate surface area is 174 Å². The molecular weight excluding hydrogens is 411 g/mol. The van der Waals surface area contributed by atoms with Crippen molar-refractivity contribution in [1.82, 2.24) is 14.5 Å². The minimum atomic E-state index is -4.44. The van der Waals surface area contributed by atoms with Crippen LogP contribution in [0.2, 0.25) is 0 Å². The molecule has 0 N–H and O–H groups in total. The highest BCUT2D eigenvalue weighted by atomic mass is 32.2. The fraction of sp³-hybridized carbons (Fsp3) is 0.136. The summed E-state index contributed by atoms with van der Waals surface area (Å²) in [6.45, 7) is 0.181. The van der Waals surface area contributed by atoms with Gasteiger partial charge in [0.25, 0.3) is 5.56 Å². The third kappa shape index (κ3) is 4.23. The Morgan fingerprint density at radius 2 is 1.67 bits per heavy atom. The Bertz CT molecular complexity index is 1240. The van der Waals surface area contributed by atoms with E-state index in [9.17, 15) is 18.0 Å². The summed E-state index contributed by atoms with van der Waals surface area (Å²) in [6.07, 6.45) is -2.82. The van der Waals surface area contributed by atoms with Crippen LogP contribution in [0.25, 0.3) is 10.9 Å². The van der Waals surface area contributed by atoms with Gasteiger partial charge in [-0.3, -0.25) is 14.3 Å². The molecule has 8 heteroatoms. The summed E-state index contributed by atoms with van der Waals surface area (Å²) in [5.74, 6) is 0.0304. The van der Waals surface area contributed by atoms with E-state index in [2.05, 4.69) is 9.97 Å². The van der Waals surface area contributed by atoms with E-state index in [1.807, 2.05) is 6.07 Å². The number of halogens is 3. The van der Waals surface area contributed by atoms with Crippen LogP contribution in [0.5, 0.6) is 0 Å². The van der Waals surface area contributed by atoms with Gasteiger partial charge in [0.05, 0.1) is 28.7 Å². The van der Waals surface area contributed by atoms with Crippen LogP contribution in [0.1, 0.15) is 16.8 Å². The van der Waals surface area contributed by atoms with Crippen molar-refractivity contribution in [2.24, 2.45) is 0 Å². The van der Waals surface area contributed by atoms with Gasteiger partial charge >= 0.3 is 6.18 Å². The van der Waals surface area contributed by atoms with Gasteiger partial charge in [0, 0.05) is 11.9 Å². The minimum Gasteiger partial charge on any atom is -0.281 e. The maximum Gasteiger partial charge on any atom is 0.416 e. The number of hydrogen-bond acceptors (Lipinski definition) is 4. The van der Waals surface area contributed by atoms with Crippen molar-refractivity contribution in [2.45, 2.75) is 23.6 Å². The molecule has 0 spiro atoms. The molecule has 0 unspecified atom stereocenters. The second-order valence-electron chi connectivity index (χ2n) is 6.57. The minimum absolute atomic E-state index is 0.0304. The first kappa shape index (κ1) is 20.2. The summed E-state index contributed by atoms with van der Waals surface area (Å²) in [5.41, 5.74) is 0.372. The summed E-state index contributed by atoms with van der Waals surface area (Å²) in [5, 5.41) is 0.801. The lowest BCUT2D eigenvalue weighted by molar-refractivity contribution is -0.138. The molecule has 0 aliphatic rings. The average molecular weight is 427 g/mol. The normalized spacial score (nSPS) is 11.7. The summed E-state index contributed by atoms with van der Waals surface area (Å²) in [7, 11) is 0. The van der Waals surface area contributed by atoms with Crippen molar-refractivity contribution in [3.8, 4) is 0 Å². The molecule has 2 aromatic carbocycles. The standard InChI is InChI=1S/C22H16F3N3OS/c23-22(24,25)18-10-3-1-7-15(18)14-30-21-27-19-11-4-2-9-17(19)20(29)28(21)13-16-8-5-6-12-26-16/h1-12H,13-14H2. The first-order valence-corrected chi connectivity index (χ1v) is 10.1. The molecule has 4 nitrogen and oxygen atoms in total. The highest BCUT2D eigenvalue weighted by Crippen LogP contribution is 2.34. The van der Waals surface area contributed by atoms with E-state index >= 15 is 0 Å². The average Bonchev–Trinajstić information content (AvgIpc) is 2.75. The molecule has 0 aliphatic carbocycles. The van der Waals surface area contributed by atoms with Crippen LogP contribution in [-0.4, -0.2) is 14.5 Å². The van der Waals surface area contributed by atoms with Gasteiger partial charge in [-0.25, -0.2) is 4.98 Å². The largest absolute Gasteiger partial charge is 0.416 e. The first-order chi connectivity index (χ1) is 14.4. The second-order valence-corrected chi connectivity index (χ2v) is 7.51. The van der Waals surface area contributed by atoms with Crippen LogP contribution in [0.3, 0.4) is 0 Å². The number of rotatable bonds is 5. The molecule has 4 rings (SSSR count). The van der Waals surface area contributed by atoms with Crippen molar-refractivity contribution in [3.05, 3.63) is 100 Å². The zero-order valence-corrected chi connectivity index (χ0v) is 16.5. The number of thioether (sulfide) groups is 1. The van der Waals surface area contributed by atoms with Gasteiger partial charge in [-0.2, -0.15) is 13.2 Å². The molecule has 0 amide bonds. The quantitative estimate of drug-likeness (QED) is 0.326. The molecule has 152 valence electrons. The third-order valence-corrected chi connectivity index (χ3v) is 5.58. The zero-order valence-electron chi connectivity index (χ0n) is 15.6. The SMILES string of the molecule is O=c1c2ccccc2nc(SCc2ccccc2C(F)(F)F)n1Cc1ccccn1. The number of pyridine rings is 1. The fourth-order valence-electron chi connectivity index (χ4n) is 3.12. The van der Waals surface area contributed by atoms with E-state index in [0.717, 1.165) is 17.8 Å². The predicted molar refractivity (Wildman–Crippen MR) is 110 cm³/mol. The molecule has 0 radical (unpaired) electrons. The molecule has 0 fully saturated rings. The van der Waals surface area contributed by atoms with Gasteiger partial charge in [-0.05, 0) is 35.9 Å². The summed E-state index contributed by atoms with van der Waals surface area (Å²) in [6, 6.07) is 17.7. The Hall–Kier alpha value is -3.13. The van der Waals surface area contributed by atoms with Crippen LogP contribution in [-0.2, 0) is 18.5 Å². The van der Waals surface area contributed by atoms with Crippen molar-refractivity contribution < 1.29 is 13.2 Å². The smallest absolute Gasteiger partial charge is 0.281 e. The number of aromatic nitrogens is 3. The summed E-state index contributed by atoms with van der Waals surface area (Å²) < 4.78 is 41.4. The van der Waals surface area contributed by atoms with Gasteiger partial charge in [0.1, 0.15) is 0 Å². The molecule has 30 heavy (non-hydrogen) atoms. The van der Waals surface area contributed by atoms with Crippen molar-refractivity contribution in [2.75, 3.05) is 0 Å². The van der Waals surface area contributed by atoms with E-state index in [1.54, 1.807) is 48.7 Å². The van der Waals surface area contributed by atoms with Crippen molar-refractivity contribution >= 4 is 22.7 Å². The highest BCUT2D eigenvalue weighted by Gasteiger charge is 2.32. The van der Waals surface area contributed by atoms with Crippen LogP contribution >= 0.6 is 11.8 Å². The Balaban J connectivity index is 1.75. The number of fused-ring (bicyclic) bond motifs is 1. The number of para-hydroxylation sites is 1. The lowest BCUT2D eigenvalue weighted by Gasteiger charge is -2.15. The maximum absolute atomic E-state index is 13.3. The lowest BCUT2D eigenvalue weighted by atomic mass is 10.1. The molecule has 0 saturated carbocycles. The van der Waals surface area contributed by atoms with Crippen LogP contribution in [0.15, 0.2) is 82.9 Å².